The molecule has 0 bridgehead atoms. The summed E-state index contributed by atoms with van der Waals surface area (Å²) >= 11 is 0. The smallest absolute Gasteiger partial charge is 0.289 e. The Morgan fingerprint density at radius 1 is 1.47 bits per heavy atom. The first-order valence-electron chi connectivity index (χ1n) is 5.73. The Bertz CT molecular complexity index is 581. The Labute approximate surface area is 110 Å². The van der Waals surface area contributed by atoms with Gasteiger partial charge in [0.25, 0.3) is 5.91 Å². The maximum absolute atomic E-state index is 11.9. The van der Waals surface area contributed by atoms with Crippen LogP contribution in [0.4, 0.5) is 5.95 Å². The molecule has 0 saturated carbocycles. The molecule has 2 aromatic rings. The molecule has 19 heavy (non-hydrogen) atoms. The van der Waals surface area contributed by atoms with E-state index in [1.807, 2.05) is 31.2 Å². The standard InChI is InChI=1S/C12H15N5O2/c1-7(8-5-3-4-6-9(8)19-2)14-11(18)10-15-12(13)17-16-10/h3-7H,1-2H3,(H,14,18)(H3,13,15,16,17)/t7-/m0/s1. The number of carbonyl (C=O) groups excluding carboxylic acids is 1. The summed E-state index contributed by atoms with van der Waals surface area (Å²) in [5, 5.41) is 8.86. The summed E-state index contributed by atoms with van der Waals surface area (Å²) in [5.41, 5.74) is 6.23. The van der Waals surface area contributed by atoms with E-state index in [0.717, 1.165) is 5.56 Å². The summed E-state index contributed by atoms with van der Waals surface area (Å²) in [6.07, 6.45) is 0. The molecule has 0 radical (unpaired) electrons. The van der Waals surface area contributed by atoms with Gasteiger partial charge < -0.3 is 15.8 Å². The zero-order chi connectivity index (χ0) is 13.8. The normalized spacial score (nSPS) is 11.9. The van der Waals surface area contributed by atoms with Gasteiger partial charge in [0.1, 0.15) is 5.75 Å². The van der Waals surface area contributed by atoms with Crippen LogP contribution in [0, 0.1) is 0 Å². The minimum Gasteiger partial charge on any atom is -0.496 e. The average molecular weight is 261 g/mol. The third kappa shape index (κ3) is 2.82. The summed E-state index contributed by atoms with van der Waals surface area (Å²) in [6, 6.07) is 7.25. The molecule has 0 aliphatic rings. The van der Waals surface area contributed by atoms with Crippen LogP contribution in [-0.4, -0.2) is 28.2 Å². The van der Waals surface area contributed by atoms with Crippen molar-refractivity contribution in [1.29, 1.82) is 0 Å². The van der Waals surface area contributed by atoms with Gasteiger partial charge in [0.2, 0.25) is 11.8 Å². The van der Waals surface area contributed by atoms with Gasteiger partial charge in [-0.15, -0.1) is 5.10 Å². The van der Waals surface area contributed by atoms with Crippen LogP contribution >= 0.6 is 0 Å². The van der Waals surface area contributed by atoms with E-state index in [1.54, 1.807) is 7.11 Å². The van der Waals surface area contributed by atoms with E-state index >= 15 is 0 Å². The molecular formula is C12H15N5O2. The number of methoxy groups -OCH3 is 1. The Morgan fingerprint density at radius 2 is 2.21 bits per heavy atom. The summed E-state index contributed by atoms with van der Waals surface area (Å²) in [4.78, 5) is 15.7. The predicted octanol–water partition coefficient (Wildman–Crippen LogP) is 0.886. The first kappa shape index (κ1) is 12.9. The van der Waals surface area contributed by atoms with E-state index in [4.69, 9.17) is 10.5 Å². The van der Waals surface area contributed by atoms with Crippen LogP contribution in [0.1, 0.15) is 29.1 Å². The molecule has 100 valence electrons. The molecule has 2 rings (SSSR count). The molecule has 1 atom stereocenters. The van der Waals surface area contributed by atoms with E-state index in [0.29, 0.717) is 5.75 Å². The Kier molecular flexibility index (Phi) is 3.65. The molecule has 4 N–H and O–H groups in total. The van der Waals surface area contributed by atoms with Crippen molar-refractivity contribution in [2.24, 2.45) is 0 Å². The third-order valence-corrected chi connectivity index (χ3v) is 2.67. The van der Waals surface area contributed by atoms with E-state index in [2.05, 4.69) is 20.5 Å². The molecule has 0 fully saturated rings. The fraction of sp³-hybridized carbons (Fsp3) is 0.250. The van der Waals surface area contributed by atoms with Gasteiger partial charge >= 0.3 is 0 Å². The monoisotopic (exact) mass is 261 g/mol. The summed E-state index contributed by atoms with van der Waals surface area (Å²) in [5.74, 6) is 0.462. The molecule has 0 aliphatic heterocycles. The van der Waals surface area contributed by atoms with Crippen molar-refractivity contribution in [3.63, 3.8) is 0 Å². The van der Waals surface area contributed by atoms with Crippen LogP contribution in [0.3, 0.4) is 0 Å². The van der Waals surface area contributed by atoms with Crippen molar-refractivity contribution in [3.05, 3.63) is 35.7 Å². The molecule has 7 heteroatoms. The minimum absolute atomic E-state index is 0.0371. The lowest BCUT2D eigenvalue weighted by Gasteiger charge is -2.16. The largest absolute Gasteiger partial charge is 0.496 e. The summed E-state index contributed by atoms with van der Waals surface area (Å²) in [7, 11) is 1.59. The van der Waals surface area contributed by atoms with Crippen molar-refractivity contribution in [2.75, 3.05) is 12.8 Å². The lowest BCUT2D eigenvalue weighted by molar-refractivity contribution is 0.0929. The average Bonchev–Trinajstić information content (AvgIpc) is 2.85. The number of nitrogens with zero attached hydrogens (tertiary/aromatic N) is 2. The topological polar surface area (TPSA) is 106 Å². The van der Waals surface area contributed by atoms with E-state index in [-0.39, 0.29) is 23.7 Å². The number of anilines is 1. The second kappa shape index (κ2) is 5.38. The molecule has 1 amide bonds. The van der Waals surface area contributed by atoms with Crippen LogP contribution in [0.25, 0.3) is 0 Å². The molecular weight excluding hydrogens is 246 g/mol. The van der Waals surface area contributed by atoms with Gasteiger partial charge in [-0.25, -0.2) is 0 Å². The zero-order valence-electron chi connectivity index (χ0n) is 10.7. The number of nitrogen functional groups attached to an aromatic ring is 1. The molecule has 0 unspecified atom stereocenters. The highest BCUT2D eigenvalue weighted by molar-refractivity contribution is 5.90. The lowest BCUT2D eigenvalue weighted by atomic mass is 10.1. The Morgan fingerprint density at radius 3 is 2.84 bits per heavy atom. The number of nitrogens with two attached hydrogens (primary N) is 1. The Balaban J connectivity index is 2.12. The van der Waals surface area contributed by atoms with Gasteiger partial charge in [0, 0.05) is 5.56 Å². The Hall–Kier alpha value is -2.57. The van der Waals surface area contributed by atoms with E-state index < -0.39 is 0 Å². The summed E-state index contributed by atoms with van der Waals surface area (Å²) in [6.45, 7) is 1.86. The number of hydrogen-bond donors (Lipinski definition) is 3. The first-order valence-corrected chi connectivity index (χ1v) is 5.73. The number of rotatable bonds is 4. The maximum atomic E-state index is 11.9. The van der Waals surface area contributed by atoms with E-state index in [1.165, 1.54) is 0 Å². The highest BCUT2D eigenvalue weighted by Crippen LogP contribution is 2.24. The van der Waals surface area contributed by atoms with Crippen LogP contribution in [0.15, 0.2) is 24.3 Å². The molecule has 1 aromatic carbocycles. The fourth-order valence-corrected chi connectivity index (χ4v) is 1.74. The zero-order valence-corrected chi connectivity index (χ0v) is 10.7. The second-order valence-corrected chi connectivity index (χ2v) is 3.98. The van der Waals surface area contributed by atoms with Crippen LogP contribution in [0.2, 0.25) is 0 Å². The minimum atomic E-state index is -0.373. The summed E-state index contributed by atoms with van der Waals surface area (Å²) < 4.78 is 5.25. The SMILES string of the molecule is COc1ccccc1[C@H](C)NC(=O)c1nc(N)n[nH]1. The number of ether oxygens (including phenoxy) is 1. The number of aromatic nitrogens is 3. The fourth-order valence-electron chi connectivity index (χ4n) is 1.74. The molecule has 0 spiro atoms. The van der Waals surface area contributed by atoms with Gasteiger partial charge in [0.05, 0.1) is 13.2 Å². The lowest BCUT2D eigenvalue weighted by Crippen LogP contribution is -2.27. The first-order chi connectivity index (χ1) is 9.11. The highest BCUT2D eigenvalue weighted by atomic mass is 16.5. The maximum Gasteiger partial charge on any atom is 0.289 e. The molecule has 0 aliphatic carbocycles. The number of amides is 1. The number of benzene rings is 1. The predicted molar refractivity (Wildman–Crippen MR) is 69.7 cm³/mol. The number of nitrogens with one attached hydrogen (secondary N) is 2. The van der Waals surface area contributed by atoms with Gasteiger partial charge in [-0.3, -0.25) is 9.89 Å². The van der Waals surface area contributed by atoms with Gasteiger partial charge in [-0.05, 0) is 13.0 Å². The molecule has 0 saturated heterocycles. The number of carbonyl (C=O) groups is 1. The molecule has 1 aromatic heterocycles. The quantitative estimate of drug-likeness (QED) is 0.757. The van der Waals surface area contributed by atoms with Crippen molar-refractivity contribution in [3.8, 4) is 5.75 Å². The van der Waals surface area contributed by atoms with Crippen molar-refractivity contribution in [1.82, 2.24) is 20.5 Å². The van der Waals surface area contributed by atoms with Crippen LogP contribution in [-0.2, 0) is 0 Å². The van der Waals surface area contributed by atoms with Crippen molar-refractivity contribution >= 4 is 11.9 Å². The molecule has 1 heterocycles. The number of para-hydroxylation sites is 1. The van der Waals surface area contributed by atoms with E-state index in [9.17, 15) is 4.79 Å². The van der Waals surface area contributed by atoms with Gasteiger partial charge in [-0.1, -0.05) is 18.2 Å². The number of aromatic amines is 1. The second-order valence-electron chi connectivity index (χ2n) is 3.98. The van der Waals surface area contributed by atoms with Crippen molar-refractivity contribution < 1.29 is 9.53 Å². The van der Waals surface area contributed by atoms with Gasteiger partial charge in [0.15, 0.2) is 0 Å². The van der Waals surface area contributed by atoms with Crippen molar-refractivity contribution in [2.45, 2.75) is 13.0 Å². The van der Waals surface area contributed by atoms with Crippen LogP contribution < -0.4 is 15.8 Å². The third-order valence-electron chi connectivity index (χ3n) is 2.67. The van der Waals surface area contributed by atoms with Crippen LogP contribution in [0.5, 0.6) is 5.75 Å². The number of hydrogen-bond acceptors (Lipinski definition) is 5. The molecule has 7 nitrogen and oxygen atoms in total. The number of H-pyrrole nitrogens is 1. The van der Waals surface area contributed by atoms with Gasteiger partial charge in [-0.2, -0.15) is 4.98 Å². The highest BCUT2D eigenvalue weighted by Gasteiger charge is 2.17.